The molecule has 1 rings (SSSR count). The average Bonchev–Trinajstić information content (AvgIpc) is 3.01. The Bertz CT molecular complexity index is 524. The van der Waals surface area contributed by atoms with Gasteiger partial charge in [-0.15, -0.1) is 11.3 Å². The van der Waals surface area contributed by atoms with Gasteiger partial charge in [0, 0.05) is 13.6 Å². The first-order chi connectivity index (χ1) is 10.4. The summed E-state index contributed by atoms with van der Waals surface area (Å²) in [5, 5.41) is 13.7. The number of likely N-dealkylation sites (N-methyl/N-ethyl adjacent to an activating group) is 1. The van der Waals surface area contributed by atoms with Crippen molar-refractivity contribution in [3.8, 4) is 0 Å². The summed E-state index contributed by atoms with van der Waals surface area (Å²) in [6.07, 6.45) is 0.867. The van der Waals surface area contributed by atoms with E-state index in [2.05, 4.69) is 5.32 Å². The van der Waals surface area contributed by atoms with Crippen molar-refractivity contribution in [3.63, 3.8) is 0 Å². The van der Waals surface area contributed by atoms with Gasteiger partial charge in [0.25, 0.3) is 5.91 Å². The zero-order valence-corrected chi connectivity index (χ0v) is 13.9. The van der Waals surface area contributed by atoms with Crippen LogP contribution in [0.1, 0.15) is 36.4 Å². The van der Waals surface area contributed by atoms with Crippen LogP contribution in [0.15, 0.2) is 17.5 Å². The number of nitrogens with one attached hydrogen (secondary N) is 1. The van der Waals surface area contributed by atoms with Crippen LogP contribution >= 0.6 is 11.3 Å². The molecular weight excluding hydrogens is 304 g/mol. The van der Waals surface area contributed by atoms with Gasteiger partial charge in [-0.25, -0.2) is 0 Å². The van der Waals surface area contributed by atoms with Gasteiger partial charge in [-0.1, -0.05) is 19.9 Å². The van der Waals surface area contributed by atoms with Gasteiger partial charge in [0.15, 0.2) is 0 Å². The Labute approximate surface area is 134 Å². The number of hydrogen-bond donors (Lipinski definition) is 2. The minimum Gasteiger partial charge on any atom is -0.481 e. The molecule has 2 amide bonds. The molecule has 0 fully saturated rings. The van der Waals surface area contributed by atoms with Crippen LogP contribution in [-0.4, -0.2) is 47.9 Å². The minimum absolute atomic E-state index is 0.0647. The van der Waals surface area contributed by atoms with E-state index in [1.165, 1.54) is 16.2 Å². The quantitative estimate of drug-likeness (QED) is 0.763. The first-order valence-electron chi connectivity index (χ1n) is 7.15. The standard InChI is InChI=1S/C15H22N2O4S/c1-4-15(5-2,14(20)21)10-16-12(18)9-17(3)13(19)11-7-6-8-22-11/h6-8H,4-5,9-10H2,1-3H3,(H,16,18)(H,20,21). The number of carbonyl (C=O) groups is 3. The summed E-state index contributed by atoms with van der Waals surface area (Å²) >= 11 is 1.31. The van der Waals surface area contributed by atoms with Crippen LogP contribution in [0.5, 0.6) is 0 Å². The van der Waals surface area contributed by atoms with Crippen LogP contribution < -0.4 is 5.32 Å². The number of hydrogen-bond acceptors (Lipinski definition) is 4. The first kappa shape index (κ1) is 18.2. The number of carbonyl (C=O) groups excluding carboxylic acids is 2. The van der Waals surface area contributed by atoms with Gasteiger partial charge in [-0.3, -0.25) is 14.4 Å². The highest BCUT2D eigenvalue weighted by molar-refractivity contribution is 7.12. The average molecular weight is 326 g/mol. The molecule has 1 heterocycles. The number of nitrogens with zero attached hydrogens (tertiary/aromatic N) is 1. The van der Waals surface area contributed by atoms with Gasteiger partial charge in [0.1, 0.15) is 0 Å². The monoisotopic (exact) mass is 326 g/mol. The Morgan fingerprint density at radius 1 is 1.32 bits per heavy atom. The number of rotatable bonds is 8. The largest absolute Gasteiger partial charge is 0.481 e. The number of amides is 2. The second-order valence-electron chi connectivity index (χ2n) is 5.21. The van der Waals surface area contributed by atoms with Crippen LogP contribution in [0.4, 0.5) is 0 Å². The maximum absolute atomic E-state index is 12.0. The highest BCUT2D eigenvalue weighted by Crippen LogP contribution is 2.25. The van der Waals surface area contributed by atoms with E-state index in [9.17, 15) is 19.5 Å². The first-order valence-corrected chi connectivity index (χ1v) is 8.03. The molecule has 0 unspecified atom stereocenters. The summed E-state index contributed by atoms with van der Waals surface area (Å²) in [4.78, 5) is 37.2. The van der Waals surface area contributed by atoms with E-state index in [4.69, 9.17) is 0 Å². The van der Waals surface area contributed by atoms with Crippen LogP contribution in [0.2, 0.25) is 0 Å². The molecule has 6 nitrogen and oxygen atoms in total. The van der Waals surface area contributed by atoms with Crippen molar-refractivity contribution < 1.29 is 19.5 Å². The Balaban J connectivity index is 2.56. The molecule has 0 spiro atoms. The highest BCUT2D eigenvalue weighted by atomic mass is 32.1. The fraction of sp³-hybridized carbons (Fsp3) is 0.533. The molecule has 1 aromatic heterocycles. The molecule has 0 bridgehead atoms. The molecule has 0 atom stereocenters. The van der Waals surface area contributed by atoms with Gasteiger partial charge in [-0.2, -0.15) is 0 Å². The minimum atomic E-state index is -0.952. The van der Waals surface area contributed by atoms with Gasteiger partial charge in [0.05, 0.1) is 16.8 Å². The van der Waals surface area contributed by atoms with Crippen molar-refractivity contribution in [2.24, 2.45) is 5.41 Å². The lowest BCUT2D eigenvalue weighted by Crippen LogP contribution is -2.45. The Morgan fingerprint density at radius 3 is 2.41 bits per heavy atom. The predicted octanol–water partition coefficient (Wildman–Crippen LogP) is 1.83. The summed E-state index contributed by atoms with van der Waals surface area (Å²) in [5.41, 5.74) is -0.952. The number of aliphatic carboxylic acids is 1. The molecule has 122 valence electrons. The zero-order valence-electron chi connectivity index (χ0n) is 13.1. The molecule has 1 aromatic rings. The lowest BCUT2D eigenvalue weighted by molar-refractivity contribution is -0.149. The van der Waals surface area contributed by atoms with Crippen LogP contribution in [0.25, 0.3) is 0 Å². The van der Waals surface area contributed by atoms with Crippen molar-refractivity contribution in [1.29, 1.82) is 0 Å². The highest BCUT2D eigenvalue weighted by Gasteiger charge is 2.35. The second-order valence-corrected chi connectivity index (χ2v) is 6.16. The van der Waals surface area contributed by atoms with Crippen molar-refractivity contribution in [3.05, 3.63) is 22.4 Å². The zero-order chi connectivity index (χ0) is 16.8. The number of thiophene rings is 1. The Morgan fingerprint density at radius 2 is 1.95 bits per heavy atom. The number of carboxylic acids is 1. The predicted molar refractivity (Wildman–Crippen MR) is 84.9 cm³/mol. The third kappa shape index (κ3) is 4.30. The molecule has 0 radical (unpaired) electrons. The topological polar surface area (TPSA) is 86.7 Å². The van der Waals surface area contributed by atoms with Crippen molar-refractivity contribution in [2.75, 3.05) is 20.1 Å². The van der Waals surface area contributed by atoms with E-state index in [1.807, 2.05) is 0 Å². The van der Waals surface area contributed by atoms with Gasteiger partial charge in [-0.05, 0) is 24.3 Å². The van der Waals surface area contributed by atoms with E-state index in [0.29, 0.717) is 17.7 Å². The Hall–Kier alpha value is -1.89. The van der Waals surface area contributed by atoms with E-state index < -0.39 is 11.4 Å². The smallest absolute Gasteiger partial charge is 0.311 e. The van der Waals surface area contributed by atoms with Crippen LogP contribution in [-0.2, 0) is 9.59 Å². The molecule has 7 heteroatoms. The third-order valence-electron chi connectivity index (χ3n) is 3.89. The summed E-state index contributed by atoms with van der Waals surface area (Å²) in [6, 6.07) is 3.47. The Kier molecular flexibility index (Phi) is 6.55. The van der Waals surface area contributed by atoms with Crippen LogP contribution in [0, 0.1) is 5.41 Å². The van der Waals surface area contributed by atoms with Crippen molar-refractivity contribution in [1.82, 2.24) is 10.2 Å². The maximum atomic E-state index is 12.0. The van der Waals surface area contributed by atoms with Gasteiger partial charge >= 0.3 is 5.97 Å². The SMILES string of the molecule is CCC(CC)(CNC(=O)CN(C)C(=O)c1cccs1)C(=O)O. The third-order valence-corrected chi connectivity index (χ3v) is 4.75. The summed E-state index contributed by atoms with van der Waals surface area (Å²) in [6.45, 7) is 3.54. The molecule has 0 saturated carbocycles. The summed E-state index contributed by atoms with van der Waals surface area (Å²) in [7, 11) is 1.55. The van der Waals surface area contributed by atoms with Crippen molar-refractivity contribution in [2.45, 2.75) is 26.7 Å². The normalized spacial score (nSPS) is 11.0. The lowest BCUT2D eigenvalue weighted by atomic mass is 9.82. The van der Waals surface area contributed by atoms with E-state index >= 15 is 0 Å². The van der Waals surface area contributed by atoms with Gasteiger partial charge < -0.3 is 15.3 Å². The molecule has 2 N–H and O–H groups in total. The molecule has 0 aromatic carbocycles. The van der Waals surface area contributed by atoms with E-state index in [1.54, 1.807) is 38.4 Å². The fourth-order valence-corrected chi connectivity index (χ4v) is 2.79. The van der Waals surface area contributed by atoms with E-state index in [0.717, 1.165) is 0 Å². The fourth-order valence-electron chi connectivity index (χ4n) is 2.08. The van der Waals surface area contributed by atoms with Gasteiger partial charge in [0.2, 0.25) is 5.91 Å². The van der Waals surface area contributed by atoms with Crippen LogP contribution in [0.3, 0.4) is 0 Å². The second kappa shape index (κ2) is 7.93. The summed E-state index contributed by atoms with van der Waals surface area (Å²) in [5.74, 6) is -1.50. The molecule has 0 aliphatic rings. The molecule has 22 heavy (non-hydrogen) atoms. The van der Waals surface area contributed by atoms with E-state index in [-0.39, 0.29) is 24.9 Å². The number of carboxylic acid groups (broad SMARTS) is 1. The van der Waals surface area contributed by atoms with Crippen molar-refractivity contribution >= 4 is 29.1 Å². The molecule has 0 aliphatic heterocycles. The molecular formula is C15H22N2O4S. The molecule has 0 aliphatic carbocycles. The maximum Gasteiger partial charge on any atom is 0.311 e. The molecule has 0 saturated heterocycles. The summed E-state index contributed by atoms with van der Waals surface area (Å²) < 4.78 is 0. The lowest BCUT2D eigenvalue weighted by Gasteiger charge is -2.27.